The van der Waals surface area contributed by atoms with Gasteiger partial charge in [-0.3, -0.25) is 9.89 Å². The van der Waals surface area contributed by atoms with E-state index in [1.807, 2.05) is 19.2 Å². The van der Waals surface area contributed by atoms with Gasteiger partial charge in [-0.2, -0.15) is 0 Å². The average Bonchev–Trinajstić information content (AvgIpc) is 3.59. The number of aliphatic imine (C=N–C) groups is 1. The van der Waals surface area contributed by atoms with Crippen LogP contribution in [0.4, 0.5) is 0 Å². The van der Waals surface area contributed by atoms with Gasteiger partial charge >= 0.3 is 0 Å². The summed E-state index contributed by atoms with van der Waals surface area (Å²) in [7, 11) is 6.82. The second kappa shape index (κ2) is 13.4. The van der Waals surface area contributed by atoms with Crippen LogP contribution in [0.25, 0.3) is 0 Å². The normalized spacial score (nSPS) is 17.8. The molecule has 33 heavy (non-hydrogen) atoms. The third-order valence-corrected chi connectivity index (χ3v) is 6.57. The predicted octanol–water partition coefficient (Wildman–Crippen LogP) is 3.23. The summed E-state index contributed by atoms with van der Waals surface area (Å²) in [6.07, 6.45) is 3.70. The molecular formula is C24H41IN4O4. The molecule has 0 unspecified atom stereocenters. The van der Waals surface area contributed by atoms with Gasteiger partial charge in [0.15, 0.2) is 17.5 Å². The third kappa shape index (κ3) is 7.51. The van der Waals surface area contributed by atoms with E-state index in [1.54, 1.807) is 21.3 Å². The lowest BCUT2D eigenvalue weighted by Gasteiger charge is -2.37. The maximum atomic E-state index is 5.56. The Bertz CT molecular complexity index is 740. The maximum Gasteiger partial charge on any atom is 0.203 e. The number of rotatable bonds is 11. The fourth-order valence-electron chi connectivity index (χ4n) is 4.33. The summed E-state index contributed by atoms with van der Waals surface area (Å²) in [6, 6.07) is 4.07. The number of guanidine groups is 1. The first kappa shape index (κ1) is 27.8. The largest absolute Gasteiger partial charge is 0.493 e. The average molecular weight is 577 g/mol. The molecule has 2 fully saturated rings. The van der Waals surface area contributed by atoms with Gasteiger partial charge < -0.3 is 29.2 Å². The van der Waals surface area contributed by atoms with Crippen molar-refractivity contribution in [3.63, 3.8) is 0 Å². The second-order valence-electron chi connectivity index (χ2n) is 8.64. The van der Waals surface area contributed by atoms with E-state index in [-0.39, 0.29) is 24.0 Å². The van der Waals surface area contributed by atoms with Crippen LogP contribution in [-0.4, -0.2) is 90.1 Å². The zero-order valence-corrected chi connectivity index (χ0v) is 23.1. The third-order valence-electron chi connectivity index (χ3n) is 6.57. The van der Waals surface area contributed by atoms with Gasteiger partial charge in [-0.05, 0) is 49.3 Å². The number of hydrogen-bond acceptors (Lipinski definition) is 6. The number of ether oxygens (including phenoxy) is 4. The van der Waals surface area contributed by atoms with Crippen molar-refractivity contribution in [3.05, 3.63) is 17.7 Å². The van der Waals surface area contributed by atoms with Crippen LogP contribution in [0.2, 0.25) is 0 Å². The van der Waals surface area contributed by atoms with Gasteiger partial charge in [0.1, 0.15) is 0 Å². The molecule has 0 amide bonds. The van der Waals surface area contributed by atoms with Gasteiger partial charge in [-0.1, -0.05) is 0 Å². The van der Waals surface area contributed by atoms with E-state index in [0.29, 0.717) is 22.7 Å². The Morgan fingerprint density at radius 3 is 2.15 bits per heavy atom. The zero-order valence-electron chi connectivity index (χ0n) is 20.8. The van der Waals surface area contributed by atoms with Crippen LogP contribution in [0, 0.1) is 5.41 Å². The maximum absolute atomic E-state index is 5.56. The molecule has 3 rings (SSSR count). The van der Waals surface area contributed by atoms with Gasteiger partial charge in [0.25, 0.3) is 0 Å². The standard InChI is InChI=1S/C24H40N4O4.HI/c1-6-32-14-9-24(7-8-24)18-26-23(25-2)28-12-10-27(11-13-28)17-19-15-20(29-3)22(31-5)21(16-19)30-4;/h15-16H,6-14,17-18H2,1-5H3,(H,25,26);1H. The Morgan fingerprint density at radius 2 is 1.67 bits per heavy atom. The molecule has 8 nitrogen and oxygen atoms in total. The highest BCUT2D eigenvalue weighted by atomic mass is 127. The summed E-state index contributed by atoms with van der Waals surface area (Å²) in [5.41, 5.74) is 1.56. The van der Waals surface area contributed by atoms with Crippen LogP contribution >= 0.6 is 24.0 Å². The fourth-order valence-corrected chi connectivity index (χ4v) is 4.33. The number of benzene rings is 1. The van der Waals surface area contributed by atoms with Crippen LogP contribution in [0.1, 0.15) is 31.7 Å². The van der Waals surface area contributed by atoms with Crippen molar-refractivity contribution < 1.29 is 18.9 Å². The van der Waals surface area contributed by atoms with Gasteiger partial charge in [-0.15, -0.1) is 24.0 Å². The van der Waals surface area contributed by atoms with Gasteiger partial charge in [0, 0.05) is 59.5 Å². The molecular weight excluding hydrogens is 535 g/mol. The van der Waals surface area contributed by atoms with E-state index in [2.05, 4.69) is 27.0 Å². The number of nitrogens with zero attached hydrogens (tertiary/aromatic N) is 3. The first-order valence-corrected chi connectivity index (χ1v) is 11.6. The summed E-state index contributed by atoms with van der Waals surface area (Å²) in [6.45, 7) is 9.41. The number of piperazine rings is 1. The minimum absolute atomic E-state index is 0. The highest BCUT2D eigenvalue weighted by Gasteiger charge is 2.42. The predicted molar refractivity (Wildman–Crippen MR) is 143 cm³/mol. The van der Waals surface area contributed by atoms with E-state index >= 15 is 0 Å². The molecule has 1 aliphatic carbocycles. The molecule has 0 bridgehead atoms. The molecule has 0 spiro atoms. The molecule has 0 radical (unpaired) electrons. The summed E-state index contributed by atoms with van der Waals surface area (Å²) in [5.74, 6) is 3.04. The summed E-state index contributed by atoms with van der Waals surface area (Å²) < 4.78 is 22.0. The van der Waals surface area contributed by atoms with Gasteiger partial charge in [-0.25, -0.2) is 0 Å². The lowest BCUT2D eigenvalue weighted by Crippen LogP contribution is -2.52. The number of methoxy groups -OCH3 is 3. The van der Waals surface area contributed by atoms with Crippen LogP contribution in [0.15, 0.2) is 17.1 Å². The molecule has 1 aromatic carbocycles. The lowest BCUT2D eigenvalue weighted by molar-refractivity contribution is 0.128. The summed E-state index contributed by atoms with van der Waals surface area (Å²) >= 11 is 0. The first-order chi connectivity index (χ1) is 15.6. The van der Waals surface area contributed by atoms with Crippen molar-refractivity contribution in [2.75, 3.05) is 74.3 Å². The Kier molecular flexibility index (Phi) is 11.3. The monoisotopic (exact) mass is 576 g/mol. The van der Waals surface area contributed by atoms with E-state index in [4.69, 9.17) is 18.9 Å². The molecule has 188 valence electrons. The zero-order chi connectivity index (χ0) is 23.0. The molecule has 1 saturated carbocycles. The fraction of sp³-hybridized carbons (Fsp3) is 0.708. The molecule has 2 aliphatic rings. The van der Waals surface area contributed by atoms with Crippen LogP contribution in [-0.2, 0) is 11.3 Å². The van der Waals surface area contributed by atoms with Crippen molar-refractivity contribution in [3.8, 4) is 17.2 Å². The Hall–Kier alpha value is -1.46. The summed E-state index contributed by atoms with van der Waals surface area (Å²) in [4.78, 5) is 9.37. The number of halogens is 1. The molecule has 1 aromatic rings. The van der Waals surface area contributed by atoms with Crippen molar-refractivity contribution in [2.24, 2.45) is 10.4 Å². The van der Waals surface area contributed by atoms with Gasteiger partial charge in [0.2, 0.25) is 5.75 Å². The van der Waals surface area contributed by atoms with E-state index in [1.165, 1.54) is 12.8 Å². The van der Waals surface area contributed by atoms with E-state index in [0.717, 1.165) is 70.4 Å². The molecule has 1 saturated heterocycles. The molecule has 1 N–H and O–H groups in total. The molecule has 0 aromatic heterocycles. The number of hydrogen-bond donors (Lipinski definition) is 1. The van der Waals surface area contributed by atoms with E-state index < -0.39 is 0 Å². The Morgan fingerprint density at radius 1 is 1.03 bits per heavy atom. The SMILES string of the molecule is CCOCCC1(CNC(=NC)N2CCN(Cc3cc(OC)c(OC)c(OC)c3)CC2)CC1.I. The number of nitrogens with one attached hydrogen (secondary N) is 1. The minimum Gasteiger partial charge on any atom is -0.493 e. The summed E-state index contributed by atoms with van der Waals surface area (Å²) in [5, 5.41) is 3.63. The Balaban J connectivity index is 0.00000385. The molecule has 1 aliphatic heterocycles. The van der Waals surface area contributed by atoms with E-state index in [9.17, 15) is 0 Å². The van der Waals surface area contributed by atoms with Crippen LogP contribution < -0.4 is 19.5 Å². The van der Waals surface area contributed by atoms with Crippen molar-refractivity contribution >= 4 is 29.9 Å². The highest BCUT2D eigenvalue weighted by molar-refractivity contribution is 14.0. The Labute approximate surface area is 216 Å². The van der Waals surface area contributed by atoms with Crippen molar-refractivity contribution in [1.29, 1.82) is 0 Å². The van der Waals surface area contributed by atoms with Crippen molar-refractivity contribution in [1.82, 2.24) is 15.1 Å². The quantitative estimate of drug-likeness (QED) is 0.188. The minimum atomic E-state index is 0. The van der Waals surface area contributed by atoms with Gasteiger partial charge in [0.05, 0.1) is 21.3 Å². The smallest absolute Gasteiger partial charge is 0.203 e. The first-order valence-electron chi connectivity index (χ1n) is 11.6. The molecule has 9 heteroatoms. The lowest BCUT2D eigenvalue weighted by atomic mass is 10.0. The van der Waals surface area contributed by atoms with Crippen molar-refractivity contribution in [2.45, 2.75) is 32.7 Å². The molecule has 0 atom stereocenters. The van der Waals surface area contributed by atoms with Crippen LogP contribution in [0.3, 0.4) is 0 Å². The second-order valence-corrected chi connectivity index (χ2v) is 8.64. The molecule has 1 heterocycles. The topological polar surface area (TPSA) is 67.8 Å². The highest BCUT2D eigenvalue weighted by Crippen LogP contribution is 2.48. The van der Waals surface area contributed by atoms with Crippen LogP contribution in [0.5, 0.6) is 17.2 Å².